The number of nitrogens with one attached hydrogen (secondary N) is 1. The van der Waals surface area contributed by atoms with Gasteiger partial charge in [0.05, 0.1) is 13.2 Å². The number of rotatable bonds is 2. The normalized spacial score (nSPS) is 20.0. The van der Waals surface area contributed by atoms with E-state index in [2.05, 4.69) is 4.98 Å². The van der Waals surface area contributed by atoms with Crippen LogP contribution in [-0.2, 0) is 14.9 Å². The van der Waals surface area contributed by atoms with Crippen LogP contribution < -0.4 is 0 Å². The quantitative estimate of drug-likeness (QED) is 0.668. The van der Waals surface area contributed by atoms with Gasteiger partial charge in [0, 0.05) is 12.4 Å². The zero-order chi connectivity index (χ0) is 8.60. The lowest BCUT2D eigenvalue weighted by Gasteiger charge is -2.36. The first-order valence-corrected chi connectivity index (χ1v) is 3.70. The monoisotopic (exact) mass is 167 g/mol. The molecule has 1 fully saturated rings. The average Bonchev–Trinajstić information content (AvgIpc) is 2.35. The van der Waals surface area contributed by atoms with Gasteiger partial charge in [0.1, 0.15) is 5.41 Å². The molecule has 2 N–H and O–H groups in total. The van der Waals surface area contributed by atoms with E-state index in [-0.39, 0.29) is 13.2 Å². The predicted molar refractivity (Wildman–Crippen MR) is 40.9 cm³/mol. The second-order valence-corrected chi connectivity index (χ2v) is 2.98. The third-order valence-electron chi connectivity index (χ3n) is 2.26. The van der Waals surface area contributed by atoms with Crippen LogP contribution in [0.2, 0.25) is 0 Å². The lowest BCUT2D eigenvalue weighted by Crippen LogP contribution is -2.52. The molecule has 2 heterocycles. The van der Waals surface area contributed by atoms with Crippen molar-refractivity contribution in [2.24, 2.45) is 0 Å². The van der Waals surface area contributed by atoms with E-state index in [0.717, 1.165) is 5.56 Å². The molecule has 1 aliphatic heterocycles. The topological polar surface area (TPSA) is 62.3 Å². The first kappa shape index (κ1) is 7.36. The molecular weight excluding hydrogens is 158 g/mol. The summed E-state index contributed by atoms with van der Waals surface area (Å²) in [5.41, 5.74) is 0.00116. The highest BCUT2D eigenvalue weighted by Crippen LogP contribution is 2.32. The van der Waals surface area contributed by atoms with Gasteiger partial charge in [-0.15, -0.1) is 0 Å². The van der Waals surface area contributed by atoms with Crippen molar-refractivity contribution < 1.29 is 14.6 Å². The number of hydrogen-bond donors (Lipinski definition) is 2. The van der Waals surface area contributed by atoms with Gasteiger partial charge >= 0.3 is 5.97 Å². The Hall–Kier alpha value is -1.29. The fraction of sp³-hybridized carbons (Fsp3) is 0.375. The lowest BCUT2D eigenvalue weighted by atomic mass is 9.80. The Morgan fingerprint density at radius 2 is 2.42 bits per heavy atom. The third kappa shape index (κ3) is 0.783. The maximum Gasteiger partial charge on any atom is 0.318 e. The molecule has 4 heteroatoms. The Labute approximate surface area is 69.2 Å². The van der Waals surface area contributed by atoms with Crippen molar-refractivity contribution in [3.63, 3.8) is 0 Å². The maximum absolute atomic E-state index is 10.9. The summed E-state index contributed by atoms with van der Waals surface area (Å²) in [5.74, 6) is -0.812. The van der Waals surface area contributed by atoms with E-state index in [1.807, 2.05) is 0 Å². The molecular formula is C8H9NO3. The summed E-state index contributed by atoms with van der Waals surface area (Å²) >= 11 is 0. The van der Waals surface area contributed by atoms with Gasteiger partial charge in [-0.2, -0.15) is 0 Å². The molecule has 0 spiro atoms. The molecule has 0 aromatic carbocycles. The third-order valence-corrected chi connectivity index (χ3v) is 2.26. The number of aromatic amines is 1. The van der Waals surface area contributed by atoms with Crippen LogP contribution in [0.4, 0.5) is 0 Å². The first-order chi connectivity index (χ1) is 5.76. The Bertz CT molecular complexity index is 287. The van der Waals surface area contributed by atoms with Crippen molar-refractivity contribution in [1.29, 1.82) is 0 Å². The lowest BCUT2D eigenvalue weighted by molar-refractivity contribution is -0.163. The molecule has 0 aliphatic carbocycles. The molecule has 0 unspecified atom stereocenters. The fourth-order valence-corrected chi connectivity index (χ4v) is 1.34. The van der Waals surface area contributed by atoms with Crippen LogP contribution in [0.5, 0.6) is 0 Å². The Morgan fingerprint density at radius 1 is 1.67 bits per heavy atom. The summed E-state index contributed by atoms with van der Waals surface area (Å²) in [5, 5.41) is 8.96. The number of H-pyrrole nitrogens is 1. The minimum atomic E-state index is -0.812. The smallest absolute Gasteiger partial charge is 0.318 e. The number of aromatic nitrogens is 1. The molecule has 0 radical (unpaired) electrons. The standard InChI is InChI=1S/C8H9NO3/c10-7(11)8(4-12-5-8)6-1-2-9-3-6/h1-3,9H,4-5H2,(H,10,11). The number of ether oxygens (including phenoxy) is 1. The predicted octanol–water partition coefficient (Wildman–Crippen LogP) is 0.367. The highest BCUT2D eigenvalue weighted by molar-refractivity contribution is 5.82. The van der Waals surface area contributed by atoms with Gasteiger partial charge in [-0.25, -0.2) is 0 Å². The molecule has 64 valence electrons. The highest BCUT2D eigenvalue weighted by atomic mass is 16.5. The molecule has 1 aliphatic rings. The summed E-state index contributed by atoms with van der Waals surface area (Å²) in [6.07, 6.45) is 3.43. The summed E-state index contributed by atoms with van der Waals surface area (Å²) in [6.45, 7) is 0.556. The van der Waals surface area contributed by atoms with E-state index < -0.39 is 11.4 Å². The van der Waals surface area contributed by atoms with Crippen molar-refractivity contribution in [2.45, 2.75) is 5.41 Å². The highest BCUT2D eigenvalue weighted by Gasteiger charge is 2.48. The summed E-state index contributed by atoms with van der Waals surface area (Å²) in [4.78, 5) is 13.7. The number of hydrogen-bond acceptors (Lipinski definition) is 2. The molecule has 1 aromatic rings. The van der Waals surface area contributed by atoms with Crippen LogP contribution in [0.1, 0.15) is 5.56 Å². The van der Waals surface area contributed by atoms with Crippen molar-refractivity contribution in [2.75, 3.05) is 13.2 Å². The summed E-state index contributed by atoms with van der Waals surface area (Å²) < 4.78 is 4.93. The van der Waals surface area contributed by atoms with Crippen LogP contribution in [0.15, 0.2) is 18.5 Å². The van der Waals surface area contributed by atoms with Gasteiger partial charge in [-0.05, 0) is 11.6 Å². The van der Waals surface area contributed by atoms with Crippen LogP contribution in [0, 0.1) is 0 Å². The van der Waals surface area contributed by atoms with Crippen LogP contribution in [-0.4, -0.2) is 29.3 Å². The molecule has 0 saturated carbocycles. The van der Waals surface area contributed by atoms with Crippen molar-refractivity contribution in [3.05, 3.63) is 24.0 Å². The molecule has 4 nitrogen and oxygen atoms in total. The van der Waals surface area contributed by atoms with Gasteiger partial charge in [-0.3, -0.25) is 4.79 Å². The molecule has 2 rings (SSSR count). The second kappa shape index (κ2) is 2.35. The van der Waals surface area contributed by atoms with Gasteiger partial charge in [-0.1, -0.05) is 0 Å². The van der Waals surface area contributed by atoms with Crippen LogP contribution in [0.3, 0.4) is 0 Å². The number of carboxylic acids is 1. The second-order valence-electron chi connectivity index (χ2n) is 2.98. The van der Waals surface area contributed by atoms with Gasteiger partial charge in [0.15, 0.2) is 0 Å². The van der Waals surface area contributed by atoms with Crippen molar-refractivity contribution in [3.8, 4) is 0 Å². The zero-order valence-electron chi connectivity index (χ0n) is 6.41. The van der Waals surface area contributed by atoms with Gasteiger partial charge in [0.25, 0.3) is 0 Å². The van der Waals surface area contributed by atoms with E-state index in [0.29, 0.717) is 0 Å². The molecule has 0 amide bonds. The van der Waals surface area contributed by atoms with Gasteiger partial charge in [0.2, 0.25) is 0 Å². The average molecular weight is 167 g/mol. The molecule has 1 aromatic heterocycles. The number of aliphatic carboxylic acids is 1. The minimum Gasteiger partial charge on any atom is -0.480 e. The Kier molecular flexibility index (Phi) is 1.44. The number of carbonyl (C=O) groups is 1. The van der Waals surface area contributed by atoms with E-state index >= 15 is 0 Å². The van der Waals surface area contributed by atoms with Gasteiger partial charge < -0.3 is 14.8 Å². The Balaban J connectivity index is 2.35. The summed E-state index contributed by atoms with van der Waals surface area (Å²) in [7, 11) is 0. The maximum atomic E-state index is 10.9. The number of carboxylic acid groups (broad SMARTS) is 1. The van der Waals surface area contributed by atoms with E-state index in [1.54, 1.807) is 18.5 Å². The van der Waals surface area contributed by atoms with Crippen molar-refractivity contribution >= 4 is 5.97 Å². The molecule has 1 saturated heterocycles. The van der Waals surface area contributed by atoms with E-state index in [9.17, 15) is 4.79 Å². The fourth-order valence-electron chi connectivity index (χ4n) is 1.34. The molecule has 12 heavy (non-hydrogen) atoms. The zero-order valence-corrected chi connectivity index (χ0v) is 6.41. The van der Waals surface area contributed by atoms with E-state index in [4.69, 9.17) is 9.84 Å². The van der Waals surface area contributed by atoms with Crippen molar-refractivity contribution in [1.82, 2.24) is 4.98 Å². The van der Waals surface area contributed by atoms with Crippen LogP contribution >= 0.6 is 0 Å². The SMILES string of the molecule is O=C(O)C1(c2cc[nH]c2)COC1. The molecule has 0 atom stereocenters. The van der Waals surface area contributed by atoms with Crippen LogP contribution in [0.25, 0.3) is 0 Å². The Morgan fingerprint density at radius 3 is 2.75 bits per heavy atom. The first-order valence-electron chi connectivity index (χ1n) is 3.70. The summed E-state index contributed by atoms with van der Waals surface area (Å²) in [6, 6.07) is 1.77. The molecule has 0 bridgehead atoms. The minimum absolute atomic E-state index is 0.278. The largest absolute Gasteiger partial charge is 0.480 e. The van der Waals surface area contributed by atoms with E-state index in [1.165, 1.54) is 0 Å².